The van der Waals surface area contributed by atoms with E-state index in [-0.39, 0.29) is 0 Å². The highest BCUT2D eigenvalue weighted by Gasteiger charge is 2.22. The molecule has 0 aliphatic rings. The normalized spacial score (nSPS) is 11.6. The van der Waals surface area contributed by atoms with Crippen molar-refractivity contribution in [2.75, 3.05) is 0 Å². The molecule has 0 amide bonds. The van der Waals surface area contributed by atoms with Crippen molar-refractivity contribution in [1.29, 1.82) is 0 Å². The van der Waals surface area contributed by atoms with Crippen molar-refractivity contribution < 1.29 is 0 Å². The van der Waals surface area contributed by atoms with Gasteiger partial charge in [0.25, 0.3) is 0 Å². The lowest BCUT2D eigenvalue weighted by Crippen LogP contribution is -1.98. The highest BCUT2D eigenvalue weighted by molar-refractivity contribution is 6.29. The van der Waals surface area contributed by atoms with Crippen LogP contribution < -0.4 is 0 Å². The molecule has 10 aromatic rings. The van der Waals surface area contributed by atoms with E-state index in [1.165, 1.54) is 82.7 Å². The first-order valence-electron chi connectivity index (χ1n) is 17.2. The van der Waals surface area contributed by atoms with Crippen molar-refractivity contribution in [2.24, 2.45) is 0 Å². The lowest BCUT2D eigenvalue weighted by atomic mass is 9.93. The van der Waals surface area contributed by atoms with Crippen molar-refractivity contribution in [2.45, 2.75) is 0 Å². The molecule has 0 aliphatic heterocycles. The van der Waals surface area contributed by atoms with E-state index in [1.807, 2.05) is 0 Å². The summed E-state index contributed by atoms with van der Waals surface area (Å²) >= 11 is 0. The molecule has 0 atom stereocenters. The minimum absolute atomic E-state index is 1.15. The predicted octanol–water partition coefficient (Wildman–Crippen LogP) is 12.9. The molecule has 50 heavy (non-hydrogen) atoms. The molecular formula is C48H32N2. The van der Waals surface area contributed by atoms with E-state index >= 15 is 0 Å². The van der Waals surface area contributed by atoms with Gasteiger partial charge in [-0.2, -0.15) is 0 Å². The maximum atomic E-state index is 2.47. The second-order valence-corrected chi connectivity index (χ2v) is 12.9. The zero-order chi connectivity index (χ0) is 33.0. The van der Waals surface area contributed by atoms with Crippen molar-refractivity contribution in [3.63, 3.8) is 0 Å². The van der Waals surface area contributed by atoms with Crippen molar-refractivity contribution >= 4 is 43.6 Å². The molecule has 0 unspecified atom stereocenters. The van der Waals surface area contributed by atoms with E-state index < -0.39 is 0 Å². The SMILES string of the molecule is c1ccc(-c2ccc(-n3c4ccccc4c4c5c6ccccc6n(-c6ccccc6-c6ccccc6-c6ccccc6)c5ccc43)cc2)cc1. The Kier molecular flexibility index (Phi) is 6.53. The molecule has 234 valence electrons. The third-order valence-corrected chi connectivity index (χ3v) is 10.2. The van der Waals surface area contributed by atoms with Gasteiger partial charge in [0, 0.05) is 32.8 Å². The largest absolute Gasteiger partial charge is 0.309 e. The summed E-state index contributed by atoms with van der Waals surface area (Å²) < 4.78 is 4.90. The Labute approximate surface area is 290 Å². The fourth-order valence-electron chi connectivity index (χ4n) is 7.97. The first kappa shape index (κ1) is 28.4. The van der Waals surface area contributed by atoms with Crippen LogP contribution in [-0.2, 0) is 0 Å². The highest BCUT2D eigenvalue weighted by atomic mass is 15.0. The molecule has 0 bridgehead atoms. The molecule has 2 heteroatoms. The molecule has 0 aliphatic carbocycles. The number of hydrogen-bond donors (Lipinski definition) is 0. The minimum atomic E-state index is 1.15. The average molecular weight is 637 g/mol. The Balaban J connectivity index is 1.25. The summed E-state index contributed by atoms with van der Waals surface area (Å²) in [6.45, 7) is 0. The number of nitrogens with zero attached hydrogens (tertiary/aromatic N) is 2. The molecule has 2 heterocycles. The van der Waals surface area contributed by atoms with Gasteiger partial charge in [0.2, 0.25) is 0 Å². The maximum Gasteiger partial charge on any atom is 0.0549 e. The third kappa shape index (κ3) is 4.36. The molecule has 0 N–H and O–H groups in total. The van der Waals surface area contributed by atoms with Gasteiger partial charge >= 0.3 is 0 Å². The van der Waals surface area contributed by atoms with Gasteiger partial charge in [0.1, 0.15) is 0 Å². The Morgan fingerprint density at radius 2 is 0.720 bits per heavy atom. The predicted molar refractivity (Wildman–Crippen MR) is 211 cm³/mol. The first-order chi connectivity index (χ1) is 24.8. The molecule has 0 saturated heterocycles. The van der Waals surface area contributed by atoms with Crippen LogP contribution in [0.2, 0.25) is 0 Å². The molecule has 8 aromatic carbocycles. The van der Waals surface area contributed by atoms with Crippen LogP contribution in [0.1, 0.15) is 0 Å². The van der Waals surface area contributed by atoms with E-state index in [9.17, 15) is 0 Å². The van der Waals surface area contributed by atoms with Gasteiger partial charge in [-0.05, 0) is 70.3 Å². The van der Waals surface area contributed by atoms with Gasteiger partial charge in [-0.25, -0.2) is 0 Å². The van der Waals surface area contributed by atoms with Crippen molar-refractivity contribution in [3.05, 3.63) is 194 Å². The zero-order valence-corrected chi connectivity index (χ0v) is 27.4. The van der Waals surface area contributed by atoms with Crippen LogP contribution in [0.3, 0.4) is 0 Å². The van der Waals surface area contributed by atoms with Crippen molar-refractivity contribution in [1.82, 2.24) is 9.13 Å². The number of aromatic nitrogens is 2. The fourth-order valence-corrected chi connectivity index (χ4v) is 7.97. The van der Waals surface area contributed by atoms with Crippen LogP contribution in [0.15, 0.2) is 194 Å². The minimum Gasteiger partial charge on any atom is -0.309 e. The number of rotatable bonds is 5. The molecule has 10 rings (SSSR count). The quantitative estimate of drug-likeness (QED) is 0.178. The molecular weight excluding hydrogens is 605 g/mol. The summed E-state index contributed by atoms with van der Waals surface area (Å²) in [6, 6.07) is 70.3. The summed E-state index contributed by atoms with van der Waals surface area (Å²) in [5.74, 6) is 0. The number of para-hydroxylation sites is 3. The van der Waals surface area contributed by atoms with Crippen LogP contribution in [0.25, 0.3) is 88.4 Å². The first-order valence-corrected chi connectivity index (χ1v) is 17.2. The Bertz CT molecular complexity index is 2840. The molecule has 0 radical (unpaired) electrons. The summed E-state index contributed by atoms with van der Waals surface area (Å²) in [5.41, 5.74) is 14.4. The van der Waals surface area contributed by atoms with E-state index in [1.54, 1.807) is 0 Å². The van der Waals surface area contributed by atoms with Gasteiger partial charge in [-0.3, -0.25) is 0 Å². The van der Waals surface area contributed by atoms with Gasteiger partial charge in [-0.15, -0.1) is 0 Å². The summed E-state index contributed by atoms with van der Waals surface area (Å²) in [5, 5.41) is 5.06. The van der Waals surface area contributed by atoms with E-state index in [0.717, 1.165) is 5.69 Å². The van der Waals surface area contributed by atoms with Crippen LogP contribution in [0, 0.1) is 0 Å². The van der Waals surface area contributed by atoms with Crippen molar-refractivity contribution in [3.8, 4) is 44.8 Å². The van der Waals surface area contributed by atoms with Crippen LogP contribution in [0.5, 0.6) is 0 Å². The molecule has 0 fully saturated rings. The summed E-state index contributed by atoms with van der Waals surface area (Å²) in [7, 11) is 0. The van der Waals surface area contributed by atoms with Gasteiger partial charge in [0.15, 0.2) is 0 Å². The smallest absolute Gasteiger partial charge is 0.0549 e. The number of benzene rings is 8. The lowest BCUT2D eigenvalue weighted by molar-refractivity contribution is 1.17. The Morgan fingerprint density at radius 3 is 1.38 bits per heavy atom. The maximum absolute atomic E-state index is 2.47. The Hall–Kier alpha value is -6.64. The average Bonchev–Trinajstić information content (AvgIpc) is 3.71. The van der Waals surface area contributed by atoms with Crippen LogP contribution in [0.4, 0.5) is 0 Å². The summed E-state index contributed by atoms with van der Waals surface area (Å²) in [4.78, 5) is 0. The van der Waals surface area contributed by atoms with Crippen LogP contribution >= 0.6 is 0 Å². The fraction of sp³-hybridized carbons (Fsp3) is 0. The van der Waals surface area contributed by atoms with Gasteiger partial charge < -0.3 is 9.13 Å². The van der Waals surface area contributed by atoms with Crippen LogP contribution in [-0.4, -0.2) is 9.13 Å². The molecule has 0 saturated carbocycles. The van der Waals surface area contributed by atoms with Gasteiger partial charge in [-0.1, -0.05) is 152 Å². The van der Waals surface area contributed by atoms with E-state index in [4.69, 9.17) is 0 Å². The highest BCUT2D eigenvalue weighted by Crippen LogP contribution is 2.44. The Morgan fingerprint density at radius 1 is 0.260 bits per heavy atom. The zero-order valence-electron chi connectivity index (χ0n) is 27.4. The second kappa shape index (κ2) is 11.5. The number of hydrogen-bond acceptors (Lipinski definition) is 0. The third-order valence-electron chi connectivity index (χ3n) is 10.2. The molecule has 2 nitrogen and oxygen atoms in total. The lowest BCUT2D eigenvalue weighted by Gasteiger charge is -2.17. The molecule has 2 aromatic heterocycles. The number of fused-ring (bicyclic) bond motifs is 7. The topological polar surface area (TPSA) is 9.86 Å². The van der Waals surface area contributed by atoms with E-state index in [2.05, 4.69) is 203 Å². The molecule has 0 spiro atoms. The monoisotopic (exact) mass is 636 g/mol. The van der Waals surface area contributed by atoms with Gasteiger partial charge in [0.05, 0.1) is 27.8 Å². The standard InChI is InChI=1S/C48H32N2/c1-3-15-33(16-4-1)34-27-29-36(30-28-34)49-43-25-13-10-22-40(43)47-45(49)31-32-46-48(47)41-23-11-14-26-44(41)50(46)42-24-12-9-21-39(42)38-20-8-7-19-37(38)35-17-5-2-6-18-35/h1-32H. The second-order valence-electron chi connectivity index (χ2n) is 12.9. The van der Waals surface area contributed by atoms with E-state index in [0.29, 0.717) is 0 Å². The summed E-state index contributed by atoms with van der Waals surface area (Å²) in [6.07, 6.45) is 0.